The van der Waals surface area contributed by atoms with E-state index in [0.717, 1.165) is 0 Å². The quantitative estimate of drug-likeness (QED) is 0.301. The standard InChI is InChI=1S/ClHO.2Na.2H/c1-2;;;;/h2H;;;;/q;2*+1;2*-1. The Balaban J connectivity index is -0.000000000833. The summed E-state index contributed by atoms with van der Waals surface area (Å²) in [6.07, 6.45) is 0. The van der Waals surface area contributed by atoms with Gasteiger partial charge in [0.15, 0.2) is 0 Å². The molecule has 0 bridgehead atoms. The van der Waals surface area contributed by atoms with Gasteiger partial charge in [0, 0.05) is 0 Å². The van der Waals surface area contributed by atoms with E-state index in [4.69, 9.17) is 4.66 Å². The molecule has 1 N–H and O–H groups in total. The van der Waals surface area contributed by atoms with Crippen LogP contribution < -0.4 is 59.1 Å². The summed E-state index contributed by atoms with van der Waals surface area (Å²) < 4.78 is 6.47. The van der Waals surface area contributed by atoms with E-state index in [1.165, 1.54) is 0 Å². The smallest absolute Gasteiger partial charge is 1.00 e. The third-order valence-corrected chi connectivity index (χ3v) is 0. The van der Waals surface area contributed by atoms with Crippen molar-refractivity contribution >= 4 is 11.9 Å². The number of halogens is 1. The van der Waals surface area contributed by atoms with Gasteiger partial charge in [-0.15, -0.1) is 0 Å². The zero-order valence-corrected chi connectivity index (χ0v) is 7.58. The van der Waals surface area contributed by atoms with Crippen LogP contribution in [0.1, 0.15) is 2.85 Å². The first-order chi connectivity index (χ1) is 1.00. The van der Waals surface area contributed by atoms with Crippen LogP contribution in [-0.4, -0.2) is 4.66 Å². The summed E-state index contributed by atoms with van der Waals surface area (Å²) in [7, 11) is 0. The Morgan fingerprint density at radius 2 is 1.25 bits per heavy atom. The molecule has 0 saturated carbocycles. The van der Waals surface area contributed by atoms with Crippen LogP contribution >= 0.6 is 11.9 Å². The molecular weight excluding hydrogens is 97.4 g/mol. The van der Waals surface area contributed by atoms with E-state index >= 15 is 0 Å². The molecule has 0 atom stereocenters. The van der Waals surface area contributed by atoms with Gasteiger partial charge in [-0.3, -0.25) is 4.66 Å². The van der Waals surface area contributed by atoms with Crippen molar-refractivity contribution in [2.75, 3.05) is 0 Å². The SMILES string of the molecule is OCl.[H-].[H-].[Na+].[Na+]. The van der Waals surface area contributed by atoms with Crippen LogP contribution in [0.2, 0.25) is 0 Å². The third-order valence-electron chi connectivity index (χ3n) is 0. The summed E-state index contributed by atoms with van der Waals surface area (Å²) >= 11 is 3.64. The average molecular weight is 100 g/mol. The molecule has 0 fully saturated rings. The molecular formula is H3ClNa2O. The predicted octanol–water partition coefficient (Wildman–Crippen LogP) is -5.63. The largest absolute Gasteiger partial charge is 1.00 e. The Morgan fingerprint density at radius 3 is 1.25 bits per heavy atom. The molecule has 4 heteroatoms. The van der Waals surface area contributed by atoms with Gasteiger partial charge in [0.1, 0.15) is 0 Å². The summed E-state index contributed by atoms with van der Waals surface area (Å²) in [5, 5.41) is 0. The molecule has 4 heavy (non-hydrogen) atoms. The second-order valence-electron chi connectivity index (χ2n) is 0. The molecule has 0 rings (SSSR count). The summed E-state index contributed by atoms with van der Waals surface area (Å²) in [4.78, 5) is 0. The molecule has 1 nitrogen and oxygen atoms in total. The predicted molar refractivity (Wildman–Crippen MR) is 10.3 cm³/mol. The summed E-state index contributed by atoms with van der Waals surface area (Å²) in [6, 6.07) is 0. The van der Waals surface area contributed by atoms with Gasteiger partial charge in [0.25, 0.3) is 0 Å². The van der Waals surface area contributed by atoms with E-state index in [1.54, 1.807) is 0 Å². The van der Waals surface area contributed by atoms with Crippen LogP contribution in [-0.2, 0) is 0 Å². The number of rotatable bonds is 0. The fourth-order valence-corrected chi connectivity index (χ4v) is 0. The molecule has 0 spiro atoms. The van der Waals surface area contributed by atoms with Crippen molar-refractivity contribution in [2.24, 2.45) is 0 Å². The minimum Gasteiger partial charge on any atom is -1.00 e. The Labute approximate surface area is 77.4 Å². The van der Waals surface area contributed by atoms with Crippen molar-refractivity contribution in [3.05, 3.63) is 0 Å². The van der Waals surface area contributed by atoms with Crippen LogP contribution in [0.25, 0.3) is 0 Å². The maximum absolute atomic E-state index is 6.47. The monoisotopic (exact) mass is 100.0 g/mol. The second-order valence-corrected chi connectivity index (χ2v) is 0. The summed E-state index contributed by atoms with van der Waals surface area (Å²) in [5.41, 5.74) is 0. The van der Waals surface area contributed by atoms with Crippen molar-refractivity contribution in [3.63, 3.8) is 0 Å². The molecule has 0 aliphatic rings. The van der Waals surface area contributed by atoms with E-state index in [0.29, 0.717) is 0 Å². The second kappa shape index (κ2) is 18.7. The van der Waals surface area contributed by atoms with Gasteiger partial charge >= 0.3 is 59.1 Å². The zero-order chi connectivity index (χ0) is 2.00. The van der Waals surface area contributed by atoms with Crippen molar-refractivity contribution in [2.45, 2.75) is 0 Å². The topological polar surface area (TPSA) is 20.2 Å². The van der Waals surface area contributed by atoms with Gasteiger partial charge in [-0.25, -0.2) is 0 Å². The maximum Gasteiger partial charge on any atom is 1.00 e. The molecule has 0 saturated heterocycles. The fraction of sp³-hybridized carbons (Fsp3) is 0. The van der Waals surface area contributed by atoms with Crippen molar-refractivity contribution in [1.82, 2.24) is 0 Å². The minimum atomic E-state index is 0. The molecule has 0 unspecified atom stereocenters. The molecule has 0 amide bonds. The van der Waals surface area contributed by atoms with Crippen molar-refractivity contribution in [1.29, 1.82) is 0 Å². The normalized spacial score (nSPS) is 1.50. The first-order valence-corrected chi connectivity index (χ1v) is 0.507. The van der Waals surface area contributed by atoms with Crippen molar-refractivity contribution in [3.8, 4) is 0 Å². The molecule has 0 aromatic rings. The Kier molecular flexibility index (Phi) is 76.4. The van der Waals surface area contributed by atoms with E-state index in [1.807, 2.05) is 0 Å². The average Bonchev–Trinajstić information content (AvgIpc) is 1.00. The van der Waals surface area contributed by atoms with Crippen LogP contribution in [0, 0.1) is 0 Å². The number of hydrogen-bond acceptors (Lipinski definition) is 1. The molecule has 0 aliphatic heterocycles. The minimum absolute atomic E-state index is 0. The molecule has 18 valence electrons. The number of hydrogen-bond donors (Lipinski definition) is 1. The molecule has 0 heterocycles. The molecule has 0 aliphatic carbocycles. The first-order valence-electron chi connectivity index (χ1n) is 0.169. The third kappa shape index (κ3) is 8.87. The van der Waals surface area contributed by atoms with E-state index in [9.17, 15) is 0 Å². The zero-order valence-electron chi connectivity index (χ0n) is 4.83. The van der Waals surface area contributed by atoms with Crippen LogP contribution in [0.4, 0.5) is 0 Å². The van der Waals surface area contributed by atoms with Crippen LogP contribution in [0.15, 0.2) is 0 Å². The fourth-order valence-electron chi connectivity index (χ4n) is 0. The Hall–Kier alpha value is 2.25. The maximum atomic E-state index is 6.47. The van der Waals surface area contributed by atoms with Gasteiger partial charge in [0.05, 0.1) is 11.9 Å². The van der Waals surface area contributed by atoms with Crippen LogP contribution in [0.5, 0.6) is 0 Å². The van der Waals surface area contributed by atoms with E-state index in [-0.39, 0.29) is 62.0 Å². The van der Waals surface area contributed by atoms with Gasteiger partial charge in [-0.1, -0.05) is 0 Å². The van der Waals surface area contributed by atoms with Crippen LogP contribution in [0.3, 0.4) is 0 Å². The molecule has 0 aromatic carbocycles. The van der Waals surface area contributed by atoms with Gasteiger partial charge in [-0.2, -0.15) is 0 Å². The molecule has 0 aromatic heterocycles. The molecule has 0 radical (unpaired) electrons. The summed E-state index contributed by atoms with van der Waals surface area (Å²) in [6.45, 7) is 0. The Morgan fingerprint density at radius 1 is 1.25 bits per heavy atom. The van der Waals surface area contributed by atoms with Gasteiger partial charge in [0.2, 0.25) is 0 Å². The van der Waals surface area contributed by atoms with Gasteiger partial charge in [-0.05, 0) is 0 Å². The Bertz CT molecular complexity index is 11.5. The van der Waals surface area contributed by atoms with E-state index in [2.05, 4.69) is 11.9 Å². The first kappa shape index (κ1) is 16.3. The summed E-state index contributed by atoms with van der Waals surface area (Å²) in [5.74, 6) is 0. The van der Waals surface area contributed by atoms with E-state index < -0.39 is 0 Å². The van der Waals surface area contributed by atoms with Crippen molar-refractivity contribution < 1.29 is 66.6 Å². The van der Waals surface area contributed by atoms with Gasteiger partial charge < -0.3 is 2.85 Å².